The van der Waals surface area contributed by atoms with E-state index in [2.05, 4.69) is 31.2 Å². The fourth-order valence-electron chi connectivity index (χ4n) is 2.28. The van der Waals surface area contributed by atoms with Crippen molar-refractivity contribution in [1.82, 2.24) is 20.0 Å². The molecular weight excluding hydrogens is 400 g/mol. The molecule has 2 aromatic heterocycles. The summed E-state index contributed by atoms with van der Waals surface area (Å²) in [6, 6.07) is 17.8. The van der Waals surface area contributed by atoms with Crippen molar-refractivity contribution in [3.8, 4) is 17.1 Å². The summed E-state index contributed by atoms with van der Waals surface area (Å²) in [5.74, 6) is 1.24. The van der Waals surface area contributed by atoms with Crippen molar-refractivity contribution in [2.75, 3.05) is 0 Å². The third-order valence-electron chi connectivity index (χ3n) is 3.52. The molecule has 0 saturated carbocycles. The first-order chi connectivity index (χ1) is 12.3. The maximum atomic E-state index is 5.72. The smallest absolute Gasteiger partial charge is 0.277 e. The molecule has 4 rings (SSSR count). The number of hydrogen-bond donors (Lipinski definition) is 0. The van der Waals surface area contributed by atoms with Gasteiger partial charge in [0.05, 0.1) is 11.9 Å². The molecule has 2 heterocycles. The summed E-state index contributed by atoms with van der Waals surface area (Å²) < 4.78 is 8.59. The molecule has 4 aromatic rings. The predicted molar refractivity (Wildman–Crippen MR) is 101 cm³/mol. The van der Waals surface area contributed by atoms with Crippen molar-refractivity contribution < 1.29 is 4.42 Å². The van der Waals surface area contributed by atoms with E-state index in [9.17, 15) is 0 Å². The molecule has 0 amide bonds. The highest BCUT2D eigenvalue weighted by molar-refractivity contribution is 9.10. The minimum absolute atomic E-state index is 0.523. The van der Waals surface area contributed by atoms with Crippen LogP contribution in [-0.4, -0.2) is 20.0 Å². The lowest BCUT2D eigenvalue weighted by Crippen LogP contribution is -1.92. The zero-order valence-electron chi connectivity index (χ0n) is 13.0. The summed E-state index contributed by atoms with van der Waals surface area (Å²) in [4.78, 5) is 0. The molecule has 0 radical (unpaired) electrons. The normalized spacial score (nSPS) is 10.9. The fraction of sp³-hybridized carbons (Fsp3) is 0.0556. The van der Waals surface area contributed by atoms with Crippen LogP contribution in [0.25, 0.3) is 17.1 Å². The first-order valence-corrected chi connectivity index (χ1v) is 9.37. The fourth-order valence-corrected chi connectivity index (χ4v) is 3.22. The van der Waals surface area contributed by atoms with Crippen LogP contribution in [0, 0.1) is 0 Å². The summed E-state index contributed by atoms with van der Waals surface area (Å²) in [6.07, 6.45) is 3.86. The van der Waals surface area contributed by atoms with Gasteiger partial charge in [-0.25, -0.2) is 4.68 Å². The third kappa shape index (κ3) is 3.83. The Balaban J connectivity index is 1.42. The van der Waals surface area contributed by atoms with Gasteiger partial charge in [0.2, 0.25) is 5.89 Å². The van der Waals surface area contributed by atoms with E-state index in [-0.39, 0.29) is 0 Å². The van der Waals surface area contributed by atoms with E-state index in [1.54, 1.807) is 0 Å². The largest absolute Gasteiger partial charge is 0.411 e. The van der Waals surface area contributed by atoms with Gasteiger partial charge >= 0.3 is 0 Å². The maximum absolute atomic E-state index is 5.72. The number of nitrogens with zero attached hydrogens (tertiary/aromatic N) is 4. The van der Waals surface area contributed by atoms with Crippen LogP contribution in [-0.2, 0) is 5.75 Å². The lowest BCUT2D eigenvalue weighted by atomic mass is 10.2. The molecule has 124 valence electrons. The van der Waals surface area contributed by atoms with E-state index in [1.165, 1.54) is 11.8 Å². The van der Waals surface area contributed by atoms with Crippen molar-refractivity contribution >= 4 is 27.7 Å². The van der Waals surface area contributed by atoms with Crippen LogP contribution in [0.5, 0.6) is 0 Å². The Hall–Kier alpha value is -2.38. The van der Waals surface area contributed by atoms with Crippen molar-refractivity contribution in [3.63, 3.8) is 0 Å². The second-order valence-electron chi connectivity index (χ2n) is 5.30. The summed E-state index contributed by atoms with van der Waals surface area (Å²) in [7, 11) is 0. The molecule has 2 aromatic carbocycles. The summed E-state index contributed by atoms with van der Waals surface area (Å²) in [5.41, 5.74) is 3.03. The van der Waals surface area contributed by atoms with Gasteiger partial charge in [-0.2, -0.15) is 5.10 Å². The number of thioether (sulfide) groups is 1. The van der Waals surface area contributed by atoms with Crippen molar-refractivity contribution in [1.29, 1.82) is 0 Å². The van der Waals surface area contributed by atoms with E-state index in [4.69, 9.17) is 4.42 Å². The van der Waals surface area contributed by atoms with E-state index in [0.29, 0.717) is 11.1 Å². The van der Waals surface area contributed by atoms with Gasteiger partial charge in [0.15, 0.2) is 0 Å². The molecule has 0 aliphatic carbocycles. The van der Waals surface area contributed by atoms with Gasteiger partial charge in [0.25, 0.3) is 5.22 Å². The predicted octanol–water partition coefficient (Wildman–Crippen LogP) is 4.98. The molecule has 0 bridgehead atoms. The van der Waals surface area contributed by atoms with E-state index in [1.807, 2.05) is 71.7 Å². The molecular formula is C18H13BrN4OS. The molecule has 5 nitrogen and oxygen atoms in total. The maximum Gasteiger partial charge on any atom is 0.277 e. The lowest BCUT2D eigenvalue weighted by Gasteiger charge is -1.98. The molecule has 0 aliphatic rings. The Kier molecular flexibility index (Phi) is 4.67. The Bertz CT molecular complexity index is 966. The number of aromatic nitrogens is 4. The Morgan fingerprint density at radius 3 is 2.60 bits per heavy atom. The summed E-state index contributed by atoms with van der Waals surface area (Å²) in [5, 5.41) is 13.1. The van der Waals surface area contributed by atoms with E-state index >= 15 is 0 Å². The third-order valence-corrected chi connectivity index (χ3v) is 4.94. The van der Waals surface area contributed by atoms with Gasteiger partial charge < -0.3 is 4.42 Å². The first kappa shape index (κ1) is 16.1. The van der Waals surface area contributed by atoms with E-state index in [0.717, 1.165) is 27.0 Å². The highest BCUT2D eigenvalue weighted by Crippen LogP contribution is 2.26. The van der Waals surface area contributed by atoms with Crippen LogP contribution >= 0.6 is 27.7 Å². The number of rotatable bonds is 5. The highest BCUT2D eigenvalue weighted by atomic mass is 79.9. The van der Waals surface area contributed by atoms with Crippen LogP contribution in [0.3, 0.4) is 0 Å². The molecule has 0 aliphatic heterocycles. The van der Waals surface area contributed by atoms with Crippen molar-refractivity contribution in [2.45, 2.75) is 11.0 Å². The molecule has 0 N–H and O–H groups in total. The highest BCUT2D eigenvalue weighted by Gasteiger charge is 2.10. The summed E-state index contributed by atoms with van der Waals surface area (Å²) in [6.45, 7) is 0. The number of halogens is 1. The number of hydrogen-bond acceptors (Lipinski definition) is 5. The molecule has 0 fully saturated rings. The molecule has 0 spiro atoms. The zero-order valence-corrected chi connectivity index (χ0v) is 15.4. The van der Waals surface area contributed by atoms with Gasteiger partial charge in [-0.05, 0) is 36.4 Å². The van der Waals surface area contributed by atoms with Crippen LogP contribution < -0.4 is 0 Å². The quantitative estimate of drug-likeness (QED) is 0.432. The minimum atomic E-state index is 0.523. The van der Waals surface area contributed by atoms with Crippen LogP contribution in [0.2, 0.25) is 0 Å². The van der Waals surface area contributed by atoms with Gasteiger partial charge in [0, 0.05) is 27.5 Å². The van der Waals surface area contributed by atoms with Gasteiger partial charge in [-0.1, -0.05) is 45.9 Å². The SMILES string of the molecule is Brc1ccc(-c2nnc(SCc3cnn(-c4ccccc4)c3)o2)cc1. The second-order valence-corrected chi connectivity index (χ2v) is 7.14. The number of benzene rings is 2. The average Bonchev–Trinajstić information content (AvgIpc) is 3.31. The summed E-state index contributed by atoms with van der Waals surface area (Å²) >= 11 is 4.91. The average molecular weight is 413 g/mol. The molecule has 7 heteroatoms. The van der Waals surface area contributed by atoms with Gasteiger partial charge in [0.1, 0.15) is 0 Å². The van der Waals surface area contributed by atoms with Crippen molar-refractivity contribution in [2.24, 2.45) is 0 Å². The molecule has 0 atom stereocenters. The molecule has 0 unspecified atom stereocenters. The topological polar surface area (TPSA) is 56.7 Å². The van der Waals surface area contributed by atoms with Crippen molar-refractivity contribution in [3.05, 3.63) is 77.0 Å². The second kappa shape index (κ2) is 7.25. The Morgan fingerprint density at radius 2 is 1.80 bits per heavy atom. The molecule has 25 heavy (non-hydrogen) atoms. The van der Waals surface area contributed by atoms with E-state index < -0.39 is 0 Å². The first-order valence-electron chi connectivity index (χ1n) is 7.59. The standard InChI is InChI=1S/C18H13BrN4OS/c19-15-8-6-14(7-9-15)17-21-22-18(24-17)25-12-13-10-20-23(11-13)16-4-2-1-3-5-16/h1-11H,12H2. The monoisotopic (exact) mass is 412 g/mol. The van der Waals surface area contributed by atoms with Crippen LogP contribution in [0.4, 0.5) is 0 Å². The van der Waals surface area contributed by atoms with Gasteiger partial charge in [-0.15, -0.1) is 10.2 Å². The zero-order chi connectivity index (χ0) is 17.1. The van der Waals surface area contributed by atoms with Gasteiger partial charge in [-0.3, -0.25) is 0 Å². The lowest BCUT2D eigenvalue weighted by molar-refractivity contribution is 0.466. The van der Waals surface area contributed by atoms with Crippen LogP contribution in [0.15, 0.2) is 81.1 Å². The minimum Gasteiger partial charge on any atom is -0.411 e. The Labute approximate surface area is 157 Å². The Morgan fingerprint density at radius 1 is 1.00 bits per heavy atom. The van der Waals surface area contributed by atoms with Crippen LogP contribution in [0.1, 0.15) is 5.56 Å². The number of para-hydroxylation sites is 1. The molecule has 0 saturated heterocycles.